The van der Waals surface area contributed by atoms with Crippen molar-refractivity contribution in [3.8, 4) is 11.3 Å². The van der Waals surface area contributed by atoms with Crippen molar-refractivity contribution in [1.82, 2.24) is 20.0 Å². The zero-order valence-electron chi connectivity index (χ0n) is 15.1. The van der Waals surface area contributed by atoms with Gasteiger partial charge in [0.05, 0.1) is 17.0 Å². The highest BCUT2D eigenvalue weighted by atomic mass is 16.5. The van der Waals surface area contributed by atoms with Crippen LogP contribution in [0.25, 0.3) is 11.3 Å². The van der Waals surface area contributed by atoms with Crippen LogP contribution in [0.3, 0.4) is 0 Å². The fourth-order valence-electron chi connectivity index (χ4n) is 3.93. The molecule has 2 aromatic heterocycles. The van der Waals surface area contributed by atoms with E-state index in [1.807, 2.05) is 19.2 Å². The molecule has 1 saturated heterocycles. The van der Waals surface area contributed by atoms with Gasteiger partial charge in [-0.15, -0.1) is 0 Å². The van der Waals surface area contributed by atoms with Crippen molar-refractivity contribution < 1.29 is 9.32 Å². The Morgan fingerprint density at radius 1 is 1.19 bits per heavy atom. The summed E-state index contributed by atoms with van der Waals surface area (Å²) in [5.74, 6) is 3.04. The number of aryl methyl sites for hydroxylation is 1. The molecule has 3 aliphatic rings. The summed E-state index contributed by atoms with van der Waals surface area (Å²) in [5.41, 5.74) is 2.82. The summed E-state index contributed by atoms with van der Waals surface area (Å²) in [4.78, 5) is 24.2. The van der Waals surface area contributed by atoms with E-state index in [0.717, 1.165) is 67.3 Å². The zero-order chi connectivity index (χ0) is 17.7. The van der Waals surface area contributed by atoms with Gasteiger partial charge in [-0.25, -0.2) is 9.97 Å². The molecule has 6 heteroatoms. The number of hydrogen-bond donors (Lipinski definition) is 0. The van der Waals surface area contributed by atoms with Gasteiger partial charge in [0.1, 0.15) is 5.82 Å². The first-order valence-electron chi connectivity index (χ1n) is 9.78. The maximum atomic E-state index is 12.5. The molecule has 2 aromatic rings. The summed E-state index contributed by atoms with van der Waals surface area (Å²) in [6.07, 6.45) is 8.45. The molecule has 136 valence electrons. The summed E-state index contributed by atoms with van der Waals surface area (Å²) < 4.78 is 5.51. The van der Waals surface area contributed by atoms with Gasteiger partial charge in [-0.05, 0) is 45.4 Å². The van der Waals surface area contributed by atoms with Crippen molar-refractivity contribution in [2.24, 2.45) is 5.92 Å². The fourth-order valence-corrected chi connectivity index (χ4v) is 3.93. The number of rotatable bonds is 4. The molecule has 5 rings (SSSR count). The highest BCUT2D eigenvalue weighted by Crippen LogP contribution is 2.41. The Kier molecular flexibility index (Phi) is 3.80. The number of piperidine rings is 1. The largest absolute Gasteiger partial charge is 0.356 e. The van der Waals surface area contributed by atoms with Crippen LogP contribution in [0.15, 0.2) is 16.8 Å². The first kappa shape index (κ1) is 16.0. The molecule has 0 bridgehead atoms. The standard InChI is InChI=1S/C20H24N4O2/c1-12-9-17(26-23-12)16-10-21-19(13-4-5-13)22-18(16)15-3-2-8-24(11-15)20(25)14-6-7-14/h9-10,13-15H,2-8,11H2,1H3. The predicted octanol–water partition coefficient (Wildman–Crippen LogP) is 3.43. The quantitative estimate of drug-likeness (QED) is 0.843. The third-order valence-electron chi connectivity index (χ3n) is 5.72. The van der Waals surface area contributed by atoms with Crippen molar-refractivity contribution in [2.75, 3.05) is 13.1 Å². The van der Waals surface area contributed by atoms with Gasteiger partial charge in [-0.1, -0.05) is 5.16 Å². The molecule has 0 spiro atoms. The summed E-state index contributed by atoms with van der Waals surface area (Å²) in [5, 5.41) is 4.03. The minimum Gasteiger partial charge on any atom is -0.356 e. The molecule has 0 aromatic carbocycles. The van der Waals surface area contributed by atoms with Gasteiger partial charge in [-0.2, -0.15) is 0 Å². The van der Waals surface area contributed by atoms with E-state index in [1.165, 1.54) is 12.8 Å². The van der Waals surface area contributed by atoms with Crippen LogP contribution in [0, 0.1) is 12.8 Å². The smallest absolute Gasteiger partial charge is 0.225 e. The van der Waals surface area contributed by atoms with E-state index in [4.69, 9.17) is 9.51 Å². The molecule has 0 N–H and O–H groups in total. The van der Waals surface area contributed by atoms with E-state index in [0.29, 0.717) is 11.8 Å². The molecular weight excluding hydrogens is 328 g/mol. The Balaban J connectivity index is 1.49. The molecule has 2 saturated carbocycles. The van der Waals surface area contributed by atoms with Gasteiger partial charge < -0.3 is 9.42 Å². The van der Waals surface area contributed by atoms with Crippen LogP contribution in [0.4, 0.5) is 0 Å². The van der Waals surface area contributed by atoms with Crippen LogP contribution in [-0.4, -0.2) is 39.0 Å². The Morgan fingerprint density at radius 3 is 2.73 bits per heavy atom. The van der Waals surface area contributed by atoms with Crippen LogP contribution in [-0.2, 0) is 4.79 Å². The SMILES string of the molecule is Cc1cc(-c2cnc(C3CC3)nc2C2CCCN(C(=O)C3CC3)C2)on1. The molecule has 1 unspecified atom stereocenters. The summed E-state index contributed by atoms with van der Waals surface area (Å²) in [6, 6.07) is 1.94. The molecule has 1 amide bonds. The van der Waals surface area contributed by atoms with Crippen LogP contribution < -0.4 is 0 Å². The number of amides is 1. The molecule has 2 aliphatic carbocycles. The van der Waals surface area contributed by atoms with Gasteiger partial charge in [0.2, 0.25) is 5.91 Å². The molecule has 1 aliphatic heterocycles. The molecule has 0 radical (unpaired) electrons. The van der Waals surface area contributed by atoms with Crippen molar-refractivity contribution in [3.05, 3.63) is 29.5 Å². The van der Waals surface area contributed by atoms with Gasteiger partial charge in [0, 0.05) is 43.1 Å². The number of aromatic nitrogens is 3. The lowest BCUT2D eigenvalue weighted by Crippen LogP contribution is -2.40. The second-order valence-corrected chi connectivity index (χ2v) is 8.03. The van der Waals surface area contributed by atoms with Crippen molar-refractivity contribution in [1.29, 1.82) is 0 Å². The van der Waals surface area contributed by atoms with E-state index >= 15 is 0 Å². The second-order valence-electron chi connectivity index (χ2n) is 8.03. The van der Waals surface area contributed by atoms with Crippen LogP contribution in [0.2, 0.25) is 0 Å². The molecule has 1 atom stereocenters. The number of carbonyl (C=O) groups is 1. The van der Waals surface area contributed by atoms with Crippen molar-refractivity contribution in [2.45, 2.75) is 57.3 Å². The Morgan fingerprint density at radius 2 is 2.04 bits per heavy atom. The maximum absolute atomic E-state index is 12.5. The van der Waals surface area contributed by atoms with Crippen LogP contribution >= 0.6 is 0 Å². The highest BCUT2D eigenvalue weighted by molar-refractivity contribution is 5.81. The summed E-state index contributed by atoms with van der Waals surface area (Å²) in [7, 11) is 0. The first-order chi connectivity index (χ1) is 12.7. The summed E-state index contributed by atoms with van der Waals surface area (Å²) in [6.45, 7) is 3.56. The predicted molar refractivity (Wildman–Crippen MR) is 95.5 cm³/mol. The zero-order valence-corrected chi connectivity index (χ0v) is 15.1. The van der Waals surface area contributed by atoms with E-state index < -0.39 is 0 Å². The van der Waals surface area contributed by atoms with Gasteiger partial charge in [0.25, 0.3) is 0 Å². The third kappa shape index (κ3) is 3.02. The van der Waals surface area contributed by atoms with Crippen LogP contribution in [0.1, 0.15) is 67.6 Å². The summed E-state index contributed by atoms with van der Waals surface area (Å²) >= 11 is 0. The number of nitrogens with zero attached hydrogens (tertiary/aromatic N) is 4. The van der Waals surface area contributed by atoms with E-state index in [1.54, 1.807) is 0 Å². The van der Waals surface area contributed by atoms with Gasteiger partial charge >= 0.3 is 0 Å². The minimum atomic E-state index is 0.243. The Bertz CT molecular complexity index is 838. The Hall–Kier alpha value is -2.24. The molecular formula is C20H24N4O2. The average Bonchev–Trinajstić information content (AvgIpc) is 3.59. The number of likely N-dealkylation sites (tertiary alicyclic amines) is 1. The normalized spacial score (nSPS) is 23.3. The van der Waals surface area contributed by atoms with Gasteiger partial charge in [0.15, 0.2) is 5.76 Å². The van der Waals surface area contributed by atoms with Crippen LogP contribution in [0.5, 0.6) is 0 Å². The Labute approximate surface area is 153 Å². The second kappa shape index (κ2) is 6.18. The number of carbonyl (C=O) groups excluding carboxylic acids is 1. The molecule has 26 heavy (non-hydrogen) atoms. The topological polar surface area (TPSA) is 72.1 Å². The lowest BCUT2D eigenvalue weighted by Gasteiger charge is -2.33. The number of hydrogen-bond acceptors (Lipinski definition) is 5. The molecule has 3 heterocycles. The van der Waals surface area contributed by atoms with E-state index in [2.05, 4.69) is 15.0 Å². The van der Waals surface area contributed by atoms with Crippen molar-refractivity contribution in [3.63, 3.8) is 0 Å². The van der Waals surface area contributed by atoms with Crippen molar-refractivity contribution >= 4 is 5.91 Å². The molecule has 6 nitrogen and oxygen atoms in total. The molecule has 3 fully saturated rings. The average molecular weight is 352 g/mol. The fraction of sp³-hybridized carbons (Fsp3) is 0.600. The monoisotopic (exact) mass is 352 g/mol. The highest BCUT2D eigenvalue weighted by Gasteiger charge is 2.37. The lowest BCUT2D eigenvalue weighted by atomic mass is 9.91. The minimum absolute atomic E-state index is 0.243. The third-order valence-corrected chi connectivity index (χ3v) is 5.72. The first-order valence-corrected chi connectivity index (χ1v) is 9.78. The van der Waals surface area contributed by atoms with E-state index in [9.17, 15) is 4.79 Å². The van der Waals surface area contributed by atoms with Gasteiger partial charge in [-0.3, -0.25) is 4.79 Å². The maximum Gasteiger partial charge on any atom is 0.225 e. The van der Waals surface area contributed by atoms with E-state index in [-0.39, 0.29) is 11.8 Å². The lowest BCUT2D eigenvalue weighted by molar-refractivity contribution is -0.133.